The molecule has 2 atom stereocenters. The highest BCUT2D eigenvalue weighted by molar-refractivity contribution is 6.30. The molecule has 1 N–H and O–H groups in total. The van der Waals surface area contributed by atoms with Crippen LogP contribution < -0.4 is 5.32 Å². The van der Waals surface area contributed by atoms with Gasteiger partial charge in [-0.15, -0.1) is 0 Å². The number of nitrogens with zero attached hydrogens (tertiary/aromatic N) is 2. The third kappa shape index (κ3) is 4.82. The van der Waals surface area contributed by atoms with Gasteiger partial charge in [-0.05, 0) is 36.8 Å². The maximum Gasteiger partial charge on any atom is 0.330 e. The minimum atomic E-state index is -1.25. The molecular weight excluding hydrogens is 458 g/mol. The number of hydrogen-bond acceptors (Lipinski definition) is 6. The van der Waals surface area contributed by atoms with Crippen molar-refractivity contribution in [3.05, 3.63) is 94.6 Å². The second-order valence-corrected chi connectivity index (χ2v) is 8.10. The van der Waals surface area contributed by atoms with Crippen molar-refractivity contribution in [2.24, 2.45) is 0 Å². The number of imide groups is 1. The summed E-state index contributed by atoms with van der Waals surface area (Å²) in [5, 5.41) is 2.94. The zero-order valence-electron chi connectivity index (χ0n) is 18.1. The number of halogens is 1. The van der Waals surface area contributed by atoms with Gasteiger partial charge in [-0.25, -0.2) is 9.78 Å². The van der Waals surface area contributed by atoms with E-state index < -0.39 is 35.8 Å². The van der Waals surface area contributed by atoms with E-state index in [2.05, 4.69) is 10.3 Å². The van der Waals surface area contributed by atoms with Gasteiger partial charge in [0.1, 0.15) is 11.9 Å². The summed E-state index contributed by atoms with van der Waals surface area (Å²) in [6, 6.07) is 17.1. The summed E-state index contributed by atoms with van der Waals surface area (Å²) in [5.74, 6) is -2.42. The van der Waals surface area contributed by atoms with Crippen LogP contribution in [-0.4, -0.2) is 45.7 Å². The molecule has 34 heavy (non-hydrogen) atoms. The van der Waals surface area contributed by atoms with Crippen LogP contribution in [0.1, 0.15) is 33.2 Å². The average molecular weight is 478 g/mol. The summed E-state index contributed by atoms with van der Waals surface area (Å²) >= 11 is 5.80. The number of amides is 3. The quantitative estimate of drug-likeness (QED) is 0.412. The number of carbonyl (C=O) groups excluding carboxylic acids is 4. The van der Waals surface area contributed by atoms with Gasteiger partial charge >= 0.3 is 5.97 Å². The minimum Gasteiger partial charge on any atom is -0.451 e. The van der Waals surface area contributed by atoms with Gasteiger partial charge in [0.25, 0.3) is 17.7 Å². The number of pyridine rings is 1. The molecule has 0 aliphatic carbocycles. The SMILES string of the molecule is CC(OC(=O)[C@H](Cc1ccccc1)N1C(=O)c2ccccc2C1=O)C(=O)Nc1ccc(Cl)cn1. The molecule has 1 unspecified atom stereocenters. The molecule has 1 aliphatic rings. The maximum absolute atomic E-state index is 13.2. The average Bonchev–Trinajstić information content (AvgIpc) is 3.09. The number of fused-ring (bicyclic) bond motifs is 1. The first-order valence-electron chi connectivity index (χ1n) is 10.5. The summed E-state index contributed by atoms with van der Waals surface area (Å²) in [6.07, 6.45) is 0.197. The summed E-state index contributed by atoms with van der Waals surface area (Å²) in [6.45, 7) is 1.39. The monoisotopic (exact) mass is 477 g/mol. The molecule has 172 valence electrons. The first-order valence-corrected chi connectivity index (χ1v) is 10.9. The second kappa shape index (κ2) is 9.84. The third-order valence-corrected chi connectivity index (χ3v) is 5.55. The van der Waals surface area contributed by atoms with E-state index in [4.69, 9.17) is 16.3 Å². The molecule has 3 amide bonds. The maximum atomic E-state index is 13.2. The zero-order valence-corrected chi connectivity index (χ0v) is 18.9. The van der Waals surface area contributed by atoms with Crippen LogP contribution in [0.3, 0.4) is 0 Å². The number of esters is 1. The Labute approximate surface area is 200 Å². The van der Waals surface area contributed by atoms with Gasteiger partial charge in [0, 0.05) is 12.6 Å². The Morgan fingerprint density at radius 2 is 1.59 bits per heavy atom. The molecule has 0 bridgehead atoms. The molecule has 2 heterocycles. The highest BCUT2D eigenvalue weighted by Gasteiger charge is 2.44. The highest BCUT2D eigenvalue weighted by atomic mass is 35.5. The van der Waals surface area contributed by atoms with Gasteiger partial charge in [0.15, 0.2) is 6.10 Å². The first kappa shape index (κ1) is 23.1. The lowest BCUT2D eigenvalue weighted by atomic mass is 10.0. The smallest absolute Gasteiger partial charge is 0.330 e. The summed E-state index contributed by atoms with van der Waals surface area (Å²) in [7, 11) is 0. The second-order valence-electron chi connectivity index (χ2n) is 7.66. The fraction of sp³-hybridized carbons (Fsp3) is 0.160. The standard InChI is InChI=1S/C25H20ClN3O5/c1-15(22(30)28-21-12-11-17(26)14-27-21)34-25(33)20(13-16-7-3-2-4-8-16)29-23(31)18-9-5-6-10-19(18)24(29)32/h2-12,14-15,20H,13H2,1H3,(H,27,28,30)/t15?,20-/m0/s1. The normalized spacial score (nSPS) is 14.4. The van der Waals surface area contributed by atoms with Crippen LogP contribution in [0.25, 0.3) is 0 Å². The first-order chi connectivity index (χ1) is 16.3. The third-order valence-electron chi connectivity index (χ3n) is 5.32. The van der Waals surface area contributed by atoms with Crippen LogP contribution in [0, 0.1) is 0 Å². The van der Waals surface area contributed by atoms with Crippen molar-refractivity contribution in [3.63, 3.8) is 0 Å². The fourth-order valence-electron chi connectivity index (χ4n) is 3.59. The summed E-state index contributed by atoms with van der Waals surface area (Å²) in [4.78, 5) is 56.7. The van der Waals surface area contributed by atoms with Crippen LogP contribution in [-0.2, 0) is 20.7 Å². The number of benzene rings is 2. The fourth-order valence-corrected chi connectivity index (χ4v) is 3.70. The number of anilines is 1. The van der Waals surface area contributed by atoms with E-state index in [1.54, 1.807) is 42.5 Å². The van der Waals surface area contributed by atoms with Gasteiger partial charge in [-0.3, -0.25) is 19.3 Å². The number of rotatable bonds is 7. The van der Waals surface area contributed by atoms with E-state index in [1.165, 1.54) is 31.3 Å². The van der Waals surface area contributed by atoms with Crippen molar-refractivity contribution < 1.29 is 23.9 Å². The molecule has 2 aromatic carbocycles. The van der Waals surface area contributed by atoms with Crippen LogP contribution in [0.4, 0.5) is 5.82 Å². The van der Waals surface area contributed by atoms with Crippen molar-refractivity contribution in [1.82, 2.24) is 9.88 Å². The van der Waals surface area contributed by atoms with Crippen molar-refractivity contribution in [3.8, 4) is 0 Å². The summed E-state index contributed by atoms with van der Waals surface area (Å²) in [5.41, 5.74) is 1.17. The molecule has 0 saturated heterocycles. The number of carbonyl (C=O) groups is 4. The molecule has 9 heteroatoms. The number of aromatic nitrogens is 1. The number of hydrogen-bond donors (Lipinski definition) is 1. The molecule has 0 spiro atoms. The number of ether oxygens (including phenoxy) is 1. The van der Waals surface area contributed by atoms with Crippen LogP contribution in [0.2, 0.25) is 5.02 Å². The van der Waals surface area contributed by atoms with Gasteiger partial charge in [0.2, 0.25) is 0 Å². The lowest BCUT2D eigenvalue weighted by Gasteiger charge is -2.26. The Morgan fingerprint density at radius 3 is 2.18 bits per heavy atom. The van der Waals surface area contributed by atoms with Gasteiger partial charge in [0.05, 0.1) is 16.1 Å². The van der Waals surface area contributed by atoms with Gasteiger partial charge < -0.3 is 10.1 Å². The molecule has 8 nitrogen and oxygen atoms in total. The van der Waals surface area contributed by atoms with Crippen LogP contribution in [0.5, 0.6) is 0 Å². The lowest BCUT2D eigenvalue weighted by molar-refractivity contribution is -0.157. The van der Waals surface area contributed by atoms with Gasteiger partial charge in [-0.2, -0.15) is 0 Å². The highest BCUT2D eigenvalue weighted by Crippen LogP contribution is 2.26. The Bertz CT molecular complexity index is 1210. The molecular formula is C25H20ClN3O5. The largest absolute Gasteiger partial charge is 0.451 e. The Hall–Kier alpha value is -4.04. The summed E-state index contributed by atoms with van der Waals surface area (Å²) < 4.78 is 5.40. The van der Waals surface area contributed by atoms with Crippen molar-refractivity contribution in [2.45, 2.75) is 25.5 Å². The van der Waals surface area contributed by atoms with Crippen molar-refractivity contribution >= 4 is 41.1 Å². The Morgan fingerprint density at radius 1 is 0.971 bits per heavy atom. The Kier molecular flexibility index (Phi) is 6.70. The number of nitrogens with one attached hydrogen (secondary N) is 1. The van der Waals surface area contributed by atoms with Crippen molar-refractivity contribution in [1.29, 1.82) is 0 Å². The zero-order chi connectivity index (χ0) is 24.2. The van der Waals surface area contributed by atoms with Crippen LogP contribution in [0.15, 0.2) is 72.9 Å². The predicted molar refractivity (Wildman–Crippen MR) is 124 cm³/mol. The molecule has 3 aromatic rings. The molecule has 0 fully saturated rings. The minimum absolute atomic E-state index is 0.0399. The molecule has 0 saturated carbocycles. The van der Waals surface area contributed by atoms with Gasteiger partial charge in [-0.1, -0.05) is 54.1 Å². The van der Waals surface area contributed by atoms with E-state index in [-0.39, 0.29) is 23.4 Å². The van der Waals surface area contributed by atoms with E-state index in [0.717, 1.165) is 10.5 Å². The van der Waals surface area contributed by atoms with E-state index in [0.29, 0.717) is 5.02 Å². The molecule has 0 radical (unpaired) electrons. The predicted octanol–water partition coefficient (Wildman–Crippen LogP) is 3.51. The Balaban J connectivity index is 1.55. The van der Waals surface area contributed by atoms with Crippen molar-refractivity contribution in [2.75, 3.05) is 5.32 Å². The molecule has 4 rings (SSSR count). The molecule has 1 aliphatic heterocycles. The molecule has 1 aromatic heterocycles. The lowest BCUT2D eigenvalue weighted by Crippen LogP contribution is -2.48. The van der Waals surface area contributed by atoms with E-state index in [1.807, 2.05) is 6.07 Å². The van der Waals surface area contributed by atoms with E-state index >= 15 is 0 Å². The topological polar surface area (TPSA) is 106 Å². The van der Waals surface area contributed by atoms with Crippen LogP contribution >= 0.6 is 11.6 Å². The van der Waals surface area contributed by atoms with E-state index in [9.17, 15) is 19.2 Å².